The SMILES string of the molecule is CCc1nc2sc([C@H](c3cccc(OC)c3)N3CCC(C(=O)OC)CC3)c(O)n2n1. The number of nitrogens with zero attached hydrogens (tertiary/aromatic N) is 4. The summed E-state index contributed by atoms with van der Waals surface area (Å²) in [5.74, 6) is 1.35. The second-order valence-corrected chi connectivity index (χ2v) is 8.39. The van der Waals surface area contributed by atoms with Crippen LogP contribution in [0.5, 0.6) is 11.6 Å². The van der Waals surface area contributed by atoms with Crippen LogP contribution in [0.4, 0.5) is 0 Å². The second kappa shape index (κ2) is 8.61. The number of rotatable bonds is 6. The predicted molar refractivity (Wildman–Crippen MR) is 113 cm³/mol. The first-order valence-electron chi connectivity index (χ1n) is 10.1. The van der Waals surface area contributed by atoms with E-state index in [1.807, 2.05) is 31.2 Å². The van der Waals surface area contributed by atoms with E-state index in [1.165, 1.54) is 23.0 Å². The molecule has 160 valence electrons. The molecular formula is C21H26N4O4S. The van der Waals surface area contributed by atoms with Gasteiger partial charge in [-0.15, -0.1) is 5.10 Å². The lowest BCUT2D eigenvalue weighted by Crippen LogP contribution is -2.39. The minimum absolute atomic E-state index is 0.0831. The number of aryl methyl sites for hydroxylation is 1. The van der Waals surface area contributed by atoms with Crippen LogP contribution in [0.3, 0.4) is 0 Å². The van der Waals surface area contributed by atoms with E-state index in [1.54, 1.807) is 7.11 Å². The molecule has 0 saturated carbocycles. The molecule has 1 saturated heterocycles. The molecule has 1 atom stereocenters. The fourth-order valence-corrected chi connectivity index (χ4v) is 5.15. The zero-order chi connectivity index (χ0) is 21.3. The lowest BCUT2D eigenvalue weighted by atomic mass is 9.93. The average Bonchev–Trinajstić information content (AvgIpc) is 3.33. The maximum atomic E-state index is 11.9. The van der Waals surface area contributed by atoms with E-state index in [0.717, 1.165) is 29.3 Å². The van der Waals surface area contributed by atoms with Crippen LogP contribution in [-0.2, 0) is 16.0 Å². The molecule has 0 amide bonds. The Balaban J connectivity index is 1.72. The number of aromatic hydroxyl groups is 1. The van der Waals surface area contributed by atoms with Crippen LogP contribution in [0.1, 0.15) is 42.1 Å². The smallest absolute Gasteiger partial charge is 0.308 e. The number of carbonyl (C=O) groups excluding carboxylic acids is 1. The van der Waals surface area contributed by atoms with Gasteiger partial charge in [-0.25, -0.2) is 4.98 Å². The van der Waals surface area contributed by atoms with E-state index < -0.39 is 0 Å². The third kappa shape index (κ3) is 3.75. The van der Waals surface area contributed by atoms with Crippen LogP contribution in [0.2, 0.25) is 0 Å². The molecule has 1 N–H and O–H groups in total. The number of likely N-dealkylation sites (tertiary alicyclic amines) is 1. The summed E-state index contributed by atoms with van der Waals surface area (Å²) < 4.78 is 11.9. The third-order valence-corrected chi connectivity index (χ3v) is 6.72. The van der Waals surface area contributed by atoms with E-state index in [9.17, 15) is 9.90 Å². The zero-order valence-electron chi connectivity index (χ0n) is 17.4. The van der Waals surface area contributed by atoms with Crippen LogP contribution in [-0.4, -0.2) is 57.9 Å². The summed E-state index contributed by atoms with van der Waals surface area (Å²) in [4.78, 5) is 20.2. The Morgan fingerprint density at radius 3 is 2.73 bits per heavy atom. The Kier molecular flexibility index (Phi) is 5.92. The summed E-state index contributed by atoms with van der Waals surface area (Å²) in [5.41, 5.74) is 1.02. The maximum absolute atomic E-state index is 11.9. The van der Waals surface area contributed by atoms with Gasteiger partial charge in [0.05, 0.1) is 31.1 Å². The molecular weight excluding hydrogens is 404 g/mol. The number of piperidine rings is 1. The first kappa shape index (κ1) is 20.6. The molecule has 4 rings (SSSR count). The molecule has 1 fully saturated rings. The highest BCUT2D eigenvalue weighted by molar-refractivity contribution is 7.17. The Morgan fingerprint density at radius 1 is 1.33 bits per heavy atom. The zero-order valence-corrected chi connectivity index (χ0v) is 18.2. The van der Waals surface area contributed by atoms with Crippen molar-refractivity contribution < 1.29 is 19.4 Å². The van der Waals surface area contributed by atoms with Crippen LogP contribution in [0.15, 0.2) is 24.3 Å². The summed E-state index contributed by atoms with van der Waals surface area (Å²) in [7, 11) is 3.08. The van der Waals surface area contributed by atoms with Gasteiger partial charge in [-0.05, 0) is 43.6 Å². The van der Waals surface area contributed by atoms with Gasteiger partial charge >= 0.3 is 5.97 Å². The molecule has 9 heteroatoms. The number of hydrogen-bond donors (Lipinski definition) is 1. The van der Waals surface area contributed by atoms with Crippen LogP contribution < -0.4 is 4.74 Å². The maximum Gasteiger partial charge on any atom is 0.308 e. The number of aromatic nitrogens is 3. The number of esters is 1. The number of hydrogen-bond acceptors (Lipinski definition) is 8. The van der Waals surface area contributed by atoms with Gasteiger partial charge in [0.1, 0.15) is 5.75 Å². The molecule has 1 aliphatic heterocycles. The van der Waals surface area contributed by atoms with Crippen molar-refractivity contribution in [2.75, 3.05) is 27.3 Å². The van der Waals surface area contributed by atoms with Crippen molar-refractivity contribution in [1.82, 2.24) is 19.5 Å². The van der Waals surface area contributed by atoms with Gasteiger partial charge in [0.15, 0.2) is 5.82 Å². The first-order chi connectivity index (χ1) is 14.5. The minimum atomic E-state index is -0.183. The molecule has 8 nitrogen and oxygen atoms in total. The highest BCUT2D eigenvalue weighted by atomic mass is 32.1. The van der Waals surface area contributed by atoms with Gasteiger partial charge in [-0.1, -0.05) is 30.4 Å². The van der Waals surface area contributed by atoms with Crippen molar-refractivity contribution in [3.8, 4) is 11.6 Å². The quantitative estimate of drug-likeness (QED) is 0.601. The second-order valence-electron chi connectivity index (χ2n) is 7.38. The fourth-order valence-electron chi connectivity index (χ4n) is 4.02. The van der Waals surface area contributed by atoms with E-state index >= 15 is 0 Å². The van der Waals surface area contributed by atoms with E-state index in [2.05, 4.69) is 15.0 Å². The summed E-state index contributed by atoms with van der Waals surface area (Å²) >= 11 is 1.45. The number of ether oxygens (including phenoxy) is 2. The predicted octanol–water partition coefficient (Wildman–Crippen LogP) is 3.04. The van der Waals surface area contributed by atoms with Gasteiger partial charge in [0.25, 0.3) is 0 Å². The standard InChI is InChI=1S/C21H26N4O4S/c1-4-16-22-21-25(23-16)19(26)18(30-21)17(14-6-5-7-15(12-14)28-2)24-10-8-13(9-11-24)20(27)29-3/h5-7,12-13,17,26H,4,8-11H2,1-3H3/t17-/m0/s1. The third-order valence-electron chi connectivity index (χ3n) is 5.65. The topological polar surface area (TPSA) is 89.2 Å². The van der Waals surface area contributed by atoms with Crippen molar-refractivity contribution in [1.29, 1.82) is 0 Å². The molecule has 3 heterocycles. The number of fused-ring (bicyclic) bond motifs is 1. The molecule has 0 radical (unpaired) electrons. The number of thiazole rings is 1. The largest absolute Gasteiger partial charge is 0.497 e. The Bertz CT molecular complexity index is 1040. The molecule has 0 bridgehead atoms. The molecule has 0 aliphatic carbocycles. The Labute approximate surface area is 179 Å². The van der Waals surface area contributed by atoms with Crippen LogP contribution in [0.25, 0.3) is 4.96 Å². The molecule has 0 spiro atoms. The van der Waals surface area contributed by atoms with Crippen molar-refractivity contribution in [3.05, 3.63) is 40.5 Å². The van der Waals surface area contributed by atoms with E-state index in [-0.39, 0.29) is 23.8 Å². The average molecular weight is 431 g/mol. The van der Waals surface area contributed by atoms with E-state index in [4.69, 9.17) is 9.47 Å². The Morgan fingerprint density at radius 2 is 2.10 bits per heavy atom. The van der Waals surface area contributed by atoms with Gasteiger partial charge < -0.3 is 14.6 Å². The van der Waals surface area contributed by atoms with Gasteiger partial charge in [-0.2, -0.15) is 4.52 Å². The molecule has 1 aliphatic rings. The van der Waals surface area contributed by atoms with Crippen molar-refractivity contribution >= 4 is 22.3 Å². The summed E-state index contributed by atoms with van der Waals surface area (Å²) in [6.07, 6.45) is 2.15. The van der Waals surface area contributed by atoms with Crippen molar-refractivity contribution in [2.45, 2.75) is 32.2 Å². The van der Waals surface area contributed by atoms with Gasteiger partial charge in [0.2, 0.25) is 10.8 Å². The number of benzene rings is 1. The van der Waals surface area contributed by atoms with Crippen molar-refractivity contribution in [3.63, 3.8) is 0 Å². The van der Waals surface area contributed by atoms with Gasteiger partial charge in [-0.3, -0.25) is 9.69 Å². The summed E-state index contributed by atoms with van der Waals surface area (Å²) in [6, 6.07) is 7.69. The molecule has 2 aromatic heterocycles. The van der Waals surface area contributed by atoms with Crippen molar-refractivity contribution in [2.24, 2.45) is 5.92 Å². The Hall–Kier alpha value is -2.65. The lowest BCUT2D eigenvalue weighted by molar-refractivity contribution is -0.147. The van der Waals surface area contributed by atoms with Crippen LogP contribution in [0, 0.1) is 5.92 Å². The lowest BCUT2D eigenvalue weighted by Gasteiger charge is -2.36. The minimum Gasteiger partial charge on any atom is -0.497 e. The molecule has 0 unspecified atom stereocenters. The fraction of sp³-hybridized carbons (Fsp3) is 0.476. The normalized spacial score (nSPS) is 16.6. The monoisotopic (exact) mass is 430 g/mol. The summed E-state index contributed by atoms with van der Waals surface area (Å²) in [5, 5.41) is 15.4. The number of carbonyl (C=O) groups is 1. The first-order valence-corrected chi connectivity index (χ1v) is 10.9. The molecule has 3 aromatic rings. The van der Waals surface area contributed by atoms with E-state index in [0.29, 0.717) is 30.0 Å². The molecule has 30 heavy (non-hydrogen) atoms. The van der Waals surface area contributed by atoms with Crippen LogP contribution >= 0.6 is 11.3 Å². The number of methoxy groups -OCH3 is 2. The highest BCUT2D eigenvalue weighted by Crippen LogP contribution is 2.42. The van der Waals surface area contributed by atoms with Gasteiger partial charge in [0, 0.05) is 6.42 Å². The molecule has 1 aromatic carbocycles. The highest BCUT2D eigenvalue weighted by Gasteiger charge is 2.34. The summed E-state index contributed by atoms with van der Waals surface area (Å²) in [6.45, 7) is 3.42.